The van der Waals surface area contributed by atoms with Gasteiger partial charge in [-0.3, -0.25) is 0 Å². The van der Waals surface area contributed by atoms with Crippen LogP contribution in [-0.4, -0.2) is 12.6 Å². The molecule has 1 aromatic carbocycles. The molecule has 1 aliphatic rings. The lowest BCUT2D eigenvalue weighted by Gasteiger charge is -2.12. The molecule has 0 amide bonds. The summed E-state index contributed by atoms with van der Waals surface area (Å²) >= 11 is 0. The number of ether oxygens (including phenoxy) is 1. The van der Waals surface area contributed by atoms with Gasteiger partial charge >= 0.3 is 0 Å². The van der Waals surface area contributed by atoms with Gasteiger partial charge in [0.1, 0.15) is 5.75 Å². The first-order chi connectivity index (χ1) is 7.31. The van der Waals surface area contributed by atoms with Crippen molar-refractivity contribution in [2.24, 2.45) is 0 Å². The van der Waals surface area contributed by atoms with Crippen LogP contribution < -0.4 is 15.8 Å². The first-order valence-corrected chi connectivity index (χ1v) is 5.59. The molecule has 0 atom stereocenters. The minimum atomic E-state index is 0.619. The summed E-state index contributed by atoms with van der Waals surface area (Å²) in [5, 5.41) is 3.40. The second-order valence-electron chi connectivity index (χ2n) is 3.98. The number of rotatable bonds is 5. The van der Waals surface area contributed by atoms with E-state index in [1.54, 1.807) is 0 Å². The Morgan fingerprint density at radius 2 is 2.27 bits per heavy atom. The number of nitrogens with one attached hydrogen (secondary N) is 1. The van der Waals surface area contributed by atoms with Gasteiger partial charge in [0.2, 0.25) is 0 Å². The Hall–Kier alpha value is -1.38. The fourth-order valence-electron chi connectivity index (χ4n) is 1.46. The van der Waals surface area contributed by atoms with Gasteiger partial charge in [-0.1, -0.05) is 13.0 Å². The third-order valence-electron chi connectivity index (χ3n) is 2.46. The molecule has 1 fully saturated rings. The van der Waals surface area contributed by atoms with Gasteiger partial charge < -0.3 is 15.8 Å². The van der Waals surface area contributed by atoms with Crippen LogP contribution in [0.15, 0.2) is 18.2 Å². The van der Waals surface area contributed by atoms with E-state index in [1.165, 1.54) is 12.8 Å². The maximum Gasteiger partial charge on any atom is 0.144 e. The Kier molecular flexibility index (Phi) is 2.99. The number of nitrogen functional groups attached to an aromatic ring is 1. The third-order valence-corrected chi connectivity index (χ3v) is 2.46. The topological polar surface area (TPSA) is 47.3 Å². The summed E-state index contributed by atoms with van der Waals surface area (Å²) < 4.78 is 5.56. The molecule has 0 heterocycles. The van der Waals surface area contributed by atoms with Crippen molar-refractivity contribution in [3.63, 3.8) is 0 Å². The molecule has 1 aromatic rings. The zero-order valence-corrected chi connectivity index (χ0v) is 9.12. The molecule has 0 unspecified atom stereocenters. The van der Waals surface area contributed by atoms with E-state index in [-0.39, 0.29) is 0 Å². The van der Waals surface area contributed by atoms with Crippen LogP contribution in [0.2, 0.25) is 0 Å². The van der Waals surface area contributed by atoms with Crippen molar-refractivity contribution in [3.05, 3.63) is 18.2 Å². The van der Waals surface area contributed by atoms with Crippen molar-refractivity contribution in [1.29, 1.82) is 0 Å². The van der Waals surface area contributed by atoms with Crippen molar-refractivity contribution < 1.29 is 4.74 Å². The molecule has 0 spiro atoms. The Morgan fingerprint density at radius 3 is 2.93 bits per heavy atom. The lowest BCUT2D eigenvalue weighted by atomic mass is 10.2. The van der Waals surface area contributed by atoms with Crippen LogP contribution >= 0.6 is 0 Å². The summed E-state index contributed by atoms with van der Waals surface area (Å²) in [4.78, 5) is 0. The summed E-state index contributed by atoms with van der Waals surface area (Å²) in [5.74, 6) is 0.794. The van der Waals surface area contributed by atoms with Crippen molar-refractivity contribution in [2.45, 2.75) is 32.2 Å². The molecule has 0 aromatic heterocycles. The van der Waals surface area contributed by atoms with Crippen LogP contribution in [0.5, 0.6) is 5.75 Å². The van der Waals surface area contributed by atoms with Crippen LogP contribution in [-0.2, 0) is 0 Å². The van der Waals surface area contributed by atoms with E-state index in [0.717, 1.165) is 30.2 Å². The van der Waals surface area contributed by atoms with Gasteiger partial charge in [-0.15, -0.1) is 0 Å². The summed E-state index contributed by atoms with van der Waals surface area (Å²) in [7, 11) is 0. The highest BCUT2D eigenvalue weighted by molar-refractivity contribution is 5.73. The lowest BCUT2D eigenvalue weighted by Crippen LogP contribution is -2.06. The second-order valence-corrected chi connectivity index (χ2v) is 3.98. The molecule has 15 heavy (non-hydrogen) atoms. The van der Waals surface area contributed by atoms with Crippen molar-refractivity contribution in [3.8, 4) is 5.75 Å². The molecule has 1 saturated carbocycles. The molecule has 3 N–H and O–H groups in total. The van der Waals surface area contributed by atoms with Gasteiger partial charge in [-0.2, -0.15) is 0 Å². The first kappa shape index (κ1) is 10.1. The van der Waals surface area contributed by atoms with E-state index in [0.29, 0.717) is 6.04 Å². The maximum absolute atomic E-state index is 6.01. The summed E-state index contributed by atoms with van der Waals surface area (Å²) in [6.45, 7) is 2.81. The molecular formula is C12H18N2O. The number of anilines is 2. The van der Waals surface area contributed by atoms with E-state index in [4.69, 9.17) is 10.5 Å². The van der Waals surface area contributed by atoms with Gasteiger partial charge in [0.25, 0.3) is 0 Å². The van der Waals surface area contributed by atoms with E-state index in [9.17, 15) is 0 Å². The average Bonchev–Trinajstić information content (AvgIpc) is 3.03. The number of para-hydroxylation sites is 1. The number of hydrogen-bond acceptors (Lipinski definition) is 3. The number of benzene rings is 1. The van der Waals surface area contributed by atoms with Gasteiger partial charge in [-0.25, -0.2) is 0 Å². The largest absolute Gasteiger partial charge is 0.491 e. The highest BCUT2D eigenvalue weighted by Crippen LogP contribution is 2.33. The third kappa shape index (κ3) is 2.55. The zero-order chi connectivity index (χ0) is 10.7. The fourth-order valence-corrected chi connectivity index (χ4v) is 1.46. The molecule has 1 aliphatic carbocycles. The van der Waals surface area contributed by atoms with Gasteiger partial charge in [0.15, 0.2) is 0 Å². The van der Waals surface area contributed by atoms with Crippen molar-refractivity contribution in [1.82, 2.24) is 0 Å². The zero-order valence-electron chi connectivity index (χ0n) is 9.12. The molecule has 0 saturated heterocycles. The van der Waals surface area contributed by atoms with Crippen LogP contribution in [0, 0.1) is 0 Å². The Bertz CT molecular complexity index is 334. The molecule has 0 radical (unpaired) electrons. The van der Waals surface area contributed by atoms with Gasteiger partial charge in [0.05, 0.1) is 18.0 Å². The average molecular weight is 206 g/mol. The SMILES string of the molecule is CCCOc1cccc(NC2CC2)c1N. The second kappa shape index (κ2) is 4.43. The molecular weight excluding hydrogens is 188 g/mol. The van der Waals surface area contributed by atoms with Crippen molar-refractivity contribution in [2.75, 3.05) is 17.7 Å². The highest BCUT2D eigenvalue weighted by Gasteiger charge is 2.22. The van der Waals surface area contributed by atoms with E-state index >= 15 is 0 Å². The first-order valence-electron chi connectivity index (χ1n) is 5.59. The van der Waals surface area contributed by atoms with Crippen LogP contribution in [0.25, 0.3) is 0 Å². The van der Waals surface area contributed by atoms with Crippen LogP contribution in [0.3, 0.4) is 0 Å². The van der Waals surface area contributed by atoms with Gasteiger partial charge in [0, 0.05) is 6.04 Å². The standard InChI is InChI=1S/C12H18N2O/c1-2-8-15-11-5-3-4-10(12(11)13)14-9-6-7-9/h3-5,9,14H,2,6-8,13H2,1H3. The minimum Gasteiger partial charge on any atom is -0.491 e. The monoisotopic (exact) mass is 206 g/mol. The Labute approximate surface area is 90.6 Å². The fraction of sp³-hybridized carbons (Fsp3) is 0.500. The van der Waals surface area contributed by atoms with Crippen LogP contribution in [0.4, 0.5) is 11.4 Å². The molecule has 3 heteroatoms. The van der Waals surface area contributed by atoms with Crippen molar-refractivity contribution >= 4 is 11.4 Å². The quantitative estimate of drug-likeness (QED) is 0.728. The number of nitrogens with two attached hydrogens (primary N) is 1. The Balaban J connectivity index is 2.08. The van der Waals surface area contributed by atoms with E-state index in [2.05, 4.69) is 12.2 Å². The van der Waals surface area contributed by atoms with E-state index < -0.39 is 0 Å². The lowest BCUT2D eigenvalue weighted by molar-refractivity contribution is 0.319. The molecule has 82 valence electrons. The molecule has 0 aliphatic heterocycles. The highest BCUT2D eigenvalue weighted by atomic mass is 16.5. The summed E-state index contributed by atoms with van der Waals surface area (Å²) in [6.07, 6.45) is 3.50. The predicted molar refractivity (Wildman–Crippen MR) is 63.3 cm³/mol. The predicted octanol–water partition coefficient (Wildman–Crippen LogP) is 2.63. The normalized spacial score (nSPS) is 15.0. The van der Waals surface area contributed by atoms with Gasteiger partial charge in [-0.05, 0) is 31.4 Å². The molecule has 0 bridgehead atoms. The summed E-state index contributed by atoms with van der Waals surface area (Å²) in [5.41, 5.74) is 7.75. The summed E-state index contributed by atoms with van der Waals surface area (Å²) in [6, 6.07) is 6.52. The molecule has 2 rings (SSSR count). The number of hydrogen-bond donors (Lipinski definition) is 2. The van der Waals surface area contributed by atoms with E-state index in [1.807, 2.05) is 18.2 Å². The van der Waals surface area contributed by atoms with Crippen LogP contribution in [0.1, 0.15) is 26.2 Å². The maximum atomic E-state index is 6.01. The Morgan fingerprint density at radius 1 is 1.47 bits per heavy atom. The minimum absolute atomic E-state index is 0.619. The molecule has 3 nitrogen and oxygen atoms in total. The smallest absolute Gasteiger partial charge is 0.144 e.